The summed E-state index contributed by atoms with van der Waals surface area (Å²) in [5.41, 5.74) is 7.51. The summed E-state index contributed by atoms with van der Waals surface area (Å²) in [7, 11) is 0. The third-order valence-electron chi connectivity index (χ3n) is 3.30. The van der Waals surface area contributed by atoms with E-state index in [1.165, 1.54) is 6.07 Å². The summed E-state index contributed by atoms with van der Waals surface area (Å²) < 4.78 is 25.0. The Labute approximate surface area is 134 Å². The van der Waals surface area contributed by atoms with Crippen LogP contribution in [-0.2, 0) is 0 Å². The third kappa shape index (κ3) is 2.86. The van der Waals surface area contributed by atoms with Gasteiger partial charge in [0.15, 0.2) is 11.5 Å². The fourth-order valence-corrected chi connectivity index (χ4v) is 2.72. The molecule has 0 aromatic heterocycles. The van der Waals surface area contributed by atoms with Crippen molar-refractivity contribution in [2.24, 2.45) is 5.73 Å². The van der Waals surface area contributed by atoms with Gasteiger partial charge in [-0.05, 0) is 45.3 Å². The molecule has 0 bridgehead atoms. The molecule has 3 nitrogen and oxygen atoms in total. The van der Waals surface area contributed by atoms with Crippen molar-refractivity contribution in [1.29, 1.82) is 0 Å². The zero-order chi connectivity index (χ0) is 15.0. The summed E-state index contributed by atoms with van der Waals surface area (Å²) in [5.74, 6) is 0.842. The number of rotatable bonds is 2. The van der Waals surface area contributed by atoms with E-state index in [-0.39, 0.29) is 5.82 Å². The molecule has 0 saturated carbocycles. The molecule has 0 saturated heterocycles. The average molecular weight is 373 g/mol. The lowest BCUT2D eigenvalue weighted by Gasteiger charge is -2.22. The summed E-state index contributed by atoms with van der Waals surface area (Å²) in [6.45, 7) is 0.975. The van der Waals surface area contributed by atoms with Crippen molar-refractivity contribution >= 4 is 27.5 Å². The van der Waals surface area contributed by atoms with E-state index in [1.54, 1.807) is 24.3 Å². The van der Waals surface area contributed by atoms with E-state index in [4.69, 9.17) is 26.8 Å². The van der Waals surface area contributed by atoms with Gasteiger partial charge in [-0.1, -0.05) is 17.7 Å². The second-order valence-electron chi connectivity index (χ2n) is 4.67. The second kappa shape index (κ2) is 5.83. The maximum atomic E-state index is 13.6. The Morgan fingerprint density at radius 3 is 2.48 bits per heavy atom. The molecule has 1 aliphatic heterocycles. The van der Waals surface area contributed by atoms with E-state index in [2.05, 4.69) is 15.9 Å². The van der Waals surface area contributed by atoms with Gasteiger partial charge >= 0.3 is 0 Å². The lowest BCUT2D eigenvalue weighted by atomic mass is 9.99. The molecule has 1 unspecified atom stereocenters. The van der Waals surface area contributed by atoms with Crippen LogP contribution in [0, 0.1) is 5.82 Å². The van der Waals surface area contributed by atoms with Crippen molar-refractivity contribution in [1.82, 2.24) is 0 Å². The predicted octanol–water partition coefficient (Wildman–Crippen LogP) is 4.06. The normalized spacial score (nSPS) is 14.9. The molecule has 0 spiro atoms. The summed E-state index contributed by atoms with van der Waals surface area (Å²) >= 11 is 9.38. The predicted molar refractivity (Wildman–Crippen MR) is 82.6 cm³/mol. The van der Waals surface area contributed by atoms with E-state index in [0.29, 0.717) is 45.3 Å². The van der Waals surface area contributed by atoms with Crippen molar-refractivity contribution < 1.29 is 13.9 Å². The van der Waals surface area contributed by atoms with Crippen LogP contribution in [0.1, 0.15) is 17.2 Å². The molecule has 3 rings (SSSR count). The highest BCUT2D eigenvalue weighted by molar-refractivity contribution is 9.10. The summed E-state index contributed by atoms with van der Waals surface area (Å²) in [6, 6.07) is 7.65. The monoisotopic (exact) mass is 371 g/mol. The van der Waals surface area contributed by atoms with Gasteiger partial charge in [-0.15, -0.1) is 0 Å². The molecule has 110 valence electrons. The molecule has 0 amide bonds. The van der Waals surface area contributed by atoms with Gasteiger partial charge in [-0.2, -0.15) is 0 Å². The van der Waals surface area contributed by atoms with Gasteiger partial charge in [0, 0.05) is 11.1 Å². The highest BCUT2D eigenvalue weighted by Gasteiger charge is 2.20. The van der Waals surface area contributed by atoms with E-state index in [0.717, 1.165) is 0 Å². The molecule has 2 aromatic rings. The first-order valence-electron chi connectivity index (χ1n) is 6.36. The van der Waals surface area contributed by atoms with Crippen molar-refractivity contribution in [3.8, 4) is 11.5 Å². The number of ether oxygens (including phenoxy) is 2. The number of hydrogen-bond acceptors (Lipinski definition) is 3. The molecule has 6 heteroatoms. The Balaban J connectivity index is 2.00. The van der Waals surface area contributed by atoms with Crippen LogP contribution in [0.3, 0.4) is 0 Å². The van der Waals surface area contributed by atoms with Crippen molar-refractivity contribution in [3.63, 3.8) is 0 Å². The first-order chi connectivity index (χ1) is 10.1. The van der Waals surface area contributed by atoms with Crippen LogP contribution in [-0.4, -0.2) is 13.2 Å². The maximum Gasteiger partial charge on any atom is 0.162 e. The van der Waals surface area contributed by atoms with E-state index in [1.807, 2.05) is 0 Å². The Bertz CT molecular complexity index is 696. The molecule has 1 aliphatic rings. The van der Waals surface area contributed by atoms with Crippen LogP contribution in [0.25, 0.3) is 0 Å². The van der Waals surface area contributed by atoms with Crippen LogP contribution in [0.5, 0.6) is 11.5 Å². The molecule has 0 fully saturated rings. The van der Waals surface area contributed by atoms with Crippen LogP contribution in [0.2, 0.25) is 5.02 Å². The minimum atomic E-state index is -0.545. The first kappa shape index (κ1) is 14.6. The van der Waals surface area contributed by atoms with Crippen molar-refractivity contribution in [3.05, 3.63) is 56.8 Å². The fourth-order valence-electron chi connectivity index (χ4n) is 2.20. The number of nitrogens with two attached hydrogens (primary N) is 1. The quantitative estimate of drug-likeness (QED) is 0.864. The molecule has 2 N–H and O–H groups in total. The number of hydrogen-bond donors (Lipinski definition) is 1. The van der Waals surface area contributed by atoms with Crippen LogP contribution in [0.4, 0.5) is 4.39 Å². The topological polar surface area (TPSA) is 44.5 Å². The molecule has 2 aromatic carbocycles. The highest BCUT2D eigenvalue weighted by atomic mass is 79.9. The van der Waals surface area contributed by atoms with E-state index < -0.39 is 6.04 Å². The largest absolute Gasteiger partial charge is 0.486 e. The van der Waals surface area contributed by atoms with Crippen molar-refractivity contribution in [2.75, 3.05) is 13.2 Å². The highest BCUT2D eigenvalue weighted by Crippen LogP contribution is 2.38. The van der Waals surface area contributed by atoms with Gasteiger partial charge in [0.25, 0.3) is 0 Å². The number of fused-ring (bicyclic) bond motifs is 1. The minimum Gasteiger partial charge on any atom is -0.486 e. The molecule has 21 heavy (non-hydrogen) atoms. The molecular formula is C15H12BrClFNO2. The van der Waals surface area contributed by atoms with Gasteiger partial charge in [-0.3, -0.25) is 0 Å². The van der Waals surface area contributed by atoms with Gasteiger partial charge in [-0.25, -0.2) is 4.39 Å². The Morgan fingerprint density at radius 1 is 1.14 bits per heavy atom. The number of benzene rings is 2. The summed E-state index contributed by atoms with van der Waals surface area (Å²) in [5, 5.41) is 0.468. The molecule has 1 heterocycles. The lowest BCUT2D eigenvalue weighted by molar-refractivity contribution is 0.171. The second-order valence-corrected chi connectivity index (χ2v) is 5.93. The zero-order valence-electron chi connectivity index (χ0n) is 10.9. The lowest BCUT2D eigenvalue weighted by Crippen LogP contribution is -2.17. The molecular weight excluding hydrogens is 361 g/mol. The van der Waals surface area contributed by atoms with Gasteiger partial charge < -0.3 is 15.2 Å². The zero-order valence-corrected chi connectivity index (χ0v) is 13.2. The third-order valence-corrected chi connectivity index (χ3v) is 4.27. The number of halogens is 3. The maximum absolute atomic E-state index is 13.6. The minimum absolute atomic E-state index is 0.364. The summed E-state index contributed by atoms with van der Waals surface area (Å²) in [6.07, 6.45) is 0. The first-order valence-corrected chi connectivity index (χ1v) is 7.53. The summed E-state index contributed by atoms with van der Waals surface area (Å²) in [4.78, 5) is 0. The Morgan fingerprint density at radius 2 is 1.81 bits per heavy atom. The standard InChI is InChI=1S/C15H12BrClFNO2/c16-10-2-1-8(5-12(10)18)15(19)9-6-13-14(7-11(9)17)21-4-3-20-13/h1-2,5-7,15H,3-4,19H2. The van der Waals surface area contributed by atoms with E-state index >= 15 is 0 Å². The average Bonchev–Trinajstić information content (AvgIpc) is 2.48. The van der Waals surface area contributed by atoms with Gasteiger partial charge in [0.1, 0.15) is 19.0 Å². The van der Waals surface area contributed by atoms with Crippen LogP contribution in [0.15, 0.2) is 34.8 Å². The van der Waals surface area contributed by atoms with Crippen LogP contribution < -0.4 is 15.2 Å². The SMILES string of the molecule is NC(c1ccc(Br)c(F)c1)c1cc2c(cc1Cl)OCCO2. The van der Waals surface area contributed by atoms with Gasteiger partial charge in [0.05, 0.1) is 10.5 Å². The Kier molecular flexibility index (Phi) is 4.06. The molecule has 0 radical (unpaired) electrons. The Hall–Kier alpha value is -1.30. The van der Waals surface area contributed by atoms with E-state index in [9.17, 15) is 4.39 Å². The smallest absolute Gasteiger partial charge is 0.162 e. The fraction of sp³-hybridized carbons (Fsp3) is 0.200. The van der Waals surface area contributed by atoms with Crippen LogP contribution >= 0.6 is 27.5 Å². The van der Waals surface area contributed by atoms with Gasteiger partial charge in [0.2, 0.25) is 0 Å². The van der Waals surface area contributed by atoms with Crippen molar-refractivity contribution in [2.45, 2.75) is 6.04 Å². The molecule has 1 atom stereocenters. The molecule has 0 aliphatic carbocycles.